The summed E-state index contributed by atoms with van der Waals surface area (Å²) in [5.41, 5.74) is -1.56. The molecule has 0 aliphatic rings. The van der Waals surface area contributed by atoms with E-state index in [2.05, 4.69) is 0 Å². The van der Waals surface area contributed by atoms with Crippen LogP contribution in [-0.2, 0) is 28.6 Å². The number of carbonyl (C=O) groups is 9. The average Bonchev–Trinajstić information content (AvgIpc) is 3.23. The number of carboxylic acids is 6. The van der Waals surface area contributed by atoms with Crippen LogP contribution >= 0.6 is 12.4 Å². The van der Waals surface area contributed by atoms with Gasteiger partial charge < -0.3 is 78.9 Å². The van der Waals surface area contributed by atoms with Crippen LogP contribution in [0.5, 0.6) is 17.2 Å². The first-order valence-corrected chi connectivity index (χ1v) is 19.0. The molecule has 0 amide bonds. The second-order valence-electron chi connectivity index (χ2n) is 12.2. The molecule has 0 saturated carbocycles. The van der Waals surface area contributed by atoms with E-state index >= 15 is 0 Å². The zero-order valence-electron chi connectivity index (χ0n) is 39.2. The Labute approximate surface area is 491 Å². The van der Waals surface area contributed by atoms with Crippen LogP contribution in [0, 0.1) is 0 Å². The zero-order valence-corrected chi connectivity index (χ0v) is 48.0. The van der Waals surface area contributed by atoms with Crippen molar-refractivity contribution in [3.05, 3.63) is 88.0 Å². The van der Waals surface area contributed by atoms with Gasteiger partial charge in [0.05, 0.1) is 73.8 Å². The van der Waals surface area contributed by atoms with E-state index in [0.717, 1.165) is 24.3 Å². The summed E-state index contributed by atoms with van der Waals surface area (Å²) in [7, 11) is 0. The SMILES string of the molecule is CCOC(=O)CCCOc1ccc(C(=O)OCC)c(C(=O)OCC)c1.Cl.O=C(O)CCCOc1ccc(C(=O)O)c(C(=O)O)c1.O=C([O-])CCCOc1ccc(C(=O)[O-])c(C(=O)[O-])c1.[Na+].[Na+].[Na+].[Na+].[OH-]. The van der Waals surface area contributed by atoms with Crippen molar-refractivity contribution >= 4 is 66.1 Å². The molecule has 0 aliphatic heterocycles. The fraction of sp³-hybridized carbons (Fsp3) is 0.357. The van der Waals surface area contributed by atoms with Crippen molar-refractivity contribution in [2.24, 2.45) is 0 Å². The number of ether oxygens (including phenoxy) is 6. The largest absolute Gasteiger partial charge is 1.00 e. The Hall–Kier alpha value is -3.46. The van der Waals surface area contributed by atoms with Gasteiger partial charge in [-0.1, -0.05) is 0 Å². The summed E-state index contributed by atoms with van der Waals surface area (Å²) in [5, 5.41) is 57.7. The number of halogens is 1. The first-order valence-electron chi connectivity index (χ1n) is 19.0. The summed E-state index contributed by atoms with van der Waals surface area (Å²) in [6.45, 7) is 6.26. The van der Waals surface area contributed by atoms with Gasteiger partial charge in [-0.15, -0.1) is 12.4 Å². The van der Waals surface area contributed by atoms with Crippen molar-refractivity contribution in [1.82, 2.24) is 0 Å². The summed E-state index contributed by atoms with van der Waals surface area (Å²) in [6.07, 6.45) is 0.944. The van der Waals surface area contributed by atoms with Crippen LogP contribution in [-0.4, -0.2) is 114 Å². The van der Waals surface area contributed by atoms with Crippen molar-refractivity contribution in [3.63, 3.8) is 0 Å². The van der Waals surface area contributed by atoms with E-state index in [4.69, 9.17) is 43.7 Å². The van der Waals surface area contributed by atoms with Crippen molar-refractivity contribution in [3.8, 4) is 17.2 Å². The molecule has 0 radical (unpaired) electrons. The van der Waals surface area contributed by atoms with Gasteiger partial charge in [0, 0.05) is 29.9 Å². The molecule has 0 bridgehead atoms. The molecule has 0 unspecified atom stereocenters. The summed E-state index contributed by atoms with van der Waals surface area (Å²) in [6, 6.07) is 11.3. The quantitative estimate of drug-likeness (QED) is 0.0325. The minimum absolute atomic E-state index is 0. The number of hydrogen-bond acceptors (Lipinski definition) is 19. The Morgan fingerprint density at radius 1 is 0.464 bits per heavy atom. The topological polar surface area (TPSA) is 369 Å². The minimum Gasteiger partial charge on any atom is -0.870 e. The standard InChI is InChI=1S/C18H24O7.2C12H12O7.ClH.4Na.H2O/c1-4-22-16(19)8-7-11-25-13-9-10-14(17(20)23-5-2)15(12-13)18(21)24-6-3;2*13-10(14)2-1-5-19-7-3-4-8(11(15)16)9(6-7)12(17)18;;;;;;/h9-10,12H,4-8,11H2,1-3H3;2*3-4,6H,1-2,5H2,(H,13,14)(H,15,16)(H,17,18);1H;;;;;1H2/q;;;;4*+1;/p-4. The number of benzene rings is 3. The van der Waals surface area contributed by atoms with E-state index in [-0.39, 0.29) is 241 Å². The molecule has 0 aliphatic carbocycles. The van der Waals surface area contributed by atoms with Gasteiger partial charge in [-0.25, -0.2) is 19.2 Å². The molecule has 0 atom stereocenters. The second kappa shape index (κ2) is 43.3. The second-order valence-corrected chi connectivity index (χ2v) is 12.2. The van der Waals surface area contributed by atoms with Gasteiger partial charge in [0.1, 0.15) is 17.2 Å². The van der Waals surface area contributed by atoms with E-state index in [9.17, 15) is 58.5 Å². The van der Waals surface area contributed by atoms with Gasteiger partial charge in [0.2, 0.25) is 0 Å². The molecule has 4 N–H and O–H groups in total. The summed E-state index contributed by atoms with van der Waals surface area (Å²) in [4.78, 5) is 98.8. The molecule has 0 spiro atoms. The van der Waals surface area contributed by atoms with Crippen molar-refractivity contribution in [2.45, 2.75) is 59.3 Å². The Balaban J connectivity index is -0.000000209. The van der Waals surface area contributed by atoms with E-state index < -0.39 is 58.9 Å². The molecule has 27 heteroatoms. The third-order valence-electron chi connectivity index (χ3n) is 7.56. The monoisotopic (exact) mass is 1030 g/mol. The Morgan fingerprint density at radius 3 is 1.22 bits per heavy atom. The number of aliphatic carboxylic acids is 2. The molecule has 0 saturated heterocycles. The maximum Gasteiger partial charge on any atom is 1.00 e. The Morgan fingerprint density at radius 2 is 0.826 bits per heavy atom. The molecule has 69 heavy (non-hydrogen) atoms. The summed E-state index contributed by atoms with van der Waals surface area (Å²) >= 11 is 0. The van der Waals surface area contributed by atoms with Crippen molar-refractivity contribution in [1.29, 1.82) is 0 Å². The summed E-state index contributed by atoms with van der Waals surface area (Å²) < 4.78 is 30.5. The van der Waals surface area contributed by atoms with Crippen molar-refractivity contribution in [2.75, 3.05) is 39.6 Å². The van der Waals surface area contributed by atoms with Crippen LogP contribution in [0.3, 0.4) is 0 Å². The molecule has 3 aromatic rings. The maximum absolute atomic E-state index is 12.1. The van der Waals surface area contributed by atoms with Gasteiger partial charge in [-0.05, 0) is 101 Å². The van der Waals surface area contributed by atoms with Crippen LogP contribution in [0.15, 0.2) is 54.6 Å². The normalized spacial score (nSPS) is 9.09. The minimum atomic E-state index is -1.67. The number of rotatable bonds is 24. The van der Waals surface area contributed by atoms with Gasteiger partial charge in [0.15, 0.2) is 0 Å². The molecular weight excluding hydrogens is 984 g/mol. The predicted molar refractivity (Wildman–Crippen MR) is 216 cm³/mol. The molecular formula is C42H47ClNa4O22. The molecule has 0 fully saturated rings. The Kier molecular flexibility index (Phi) is 48.4. The van der Waals surface area contributed by atoms with E-state index in [1.165, 1.54) is 24.3 Å². The van der Waals surface area contributed by atoms with E-state index in [1.54, 1.807) is 26.8 Å². The number of esters is 3. The molecule has 22 nitrogen and oxygen atoms in total. The van der Waals surface area contributed by atoms with Gasteiger partial charge in [0.25, 0.3) is 0 Å². The van der Waals surface area contributed by atoms with Crippen LogP contribution in [0.2, 0.25) is 0 Å². The molecule has 0 aromatic heterocycles. The number of hydrogen-bond donors (Lipinski definition) is 3. The fourth-order valence-electron chi connectivity index (χ4n) is 4.77. The van der Waals surface area contributed by atoms with Crippen LogP contribution in [0.4, 0.5) is 0 Å². The smallest absolute Gasteiger partial charge is 0.870 e. The zero-order chi connectivity index (χ0) is 47.5. The van der Waals surface area contributed by atoms with E-state index in [0.29, 0.717) is 18.8 Å². The molecule has 3 aromatic carbocycles. The number of aromatic carboxylic acids is 4. The fourth-order valence-corrected chi connectivity index (χ4v) is 4.77. The molecule has 358 valence electrons. The van der Waals surface area contributed by atoms with E-state index in [1.807, 2.05) is 0 Å². The first kappa shape index (κ1) is 77.0. The number of carbonyl (C=O) groups excluding carboxylic acids is 6. The van der Waals surface area contributed by atoms with Crippen molar-refractivity contribution < 1.29 is 226 Å². The first-order chi connectivity index (χ1) is 29.9. The van der Waals surface area contributed by atoms with Gasteiger partial charge in [-0.3, -0.25) is 9.59 Å². The Bertz CT molecular complexity index is 2010. The third-order valence-corrected chi connectivity index (χ3v) is 7.56. The average molecular weight is 1030 g/mol. The van der Waals surface area contributed by atoms with Gasteiger partial charge in [-0.2, -0.15) is 0 Å². The van der Waals surface area contributed by atoms with Gasteiger partial charge >= 0.3 is 154 Å². The maximum atomic E-state index is 12.1. The third kappa shape index (κ3) is 31.5. The molecule has 3 rings (SSSR count). The summed E-state index contributed by atoms with van der Waals surface area (Å²) in [5.74, 6) is -8.99. The van der Waals surface area contributed by atoms with Crippen LogP contribution < -0.4 is 148 Å². The van der Waals surface area contributed by atoms with Crippen LogP contribution in [0.1, 0.15) is 121 Å². The molecule has 0 heterocycles. The predicted octanol–water partition coefficient (Wildman–Crippen LogP) is -10.3. The number of carboxylic acid groups (broad SMARTS) is 6. The van der Waals surface area contributed by atoms with Crippen LogP contribution in [0.25, 0.3) is 0 Å².